The molecular weight excluding hydrogens is 320 g/mol. The number of rotatable bonds is 6. The number of carbonyl (C=O) groups is 1. The van der Waals surface area contributed by atoms with Gasteiger partial charge in [-0.3, -0.25) is 4.79 Å². The smallest absolute Gasteiger partial charge is 0.226 e. The number of hydrogen-bond donors (Lipinski definition) is 1. The zero-order chi connectivity index (χ0) is 16.6. The Bertz CT molecular complexity index is 634. The number of nitrogens with one attached hydrogen (secondary N) is 1. The molecule has 1 aliphatic carbocycles. The zero-order valence-electron chi connectivity index (χ0n) is 13.9. The van der Waals surface area contributed by atoms with Crippen molar-refractivity contribution in [1.82, 2.24) is 10.3 Å². The zero-order valence-corrected chi connectivity index (χ0v) is 14.7. The van der Waals surface area contributed by atoms with Gasteiger partial charge in [-0.25, -0.2) is 4.98 Å². The van der Waals surface area contributed by atoms with Crippen LogP contribution in [0, 0.1) is 0 Å². The normalized spacial score (nSPS) is 15.7. The molecule has 3 rings (SSSR count). The Labute approximate surface area is 147 Å². The van der Waals surface area contributed by atoms with Gasteiger partial charge in [-0.2, -0.15) is 0 Å². The van der Waals surface area contributed by atoms with Gasteiger partial charge in [0.2, 0.25) is 5.91 Å². The largest absolute Gasteiger partial charge is 0.486 e. The molecule has 5 heteroatoms. The molecule has 1 aromatic carbocycles. The first kappa shape index (κ1) is 17.0. The molecule has 0 bridgehead atoms. The van der Waals surface area contributed by atoms with Crippen LogP contribution in [0.15, 0.2) is 35.7 Å². The van der Waals surface area contributed by atoms with Crippen molar-refractivity contribution in [3.05, 3.63) is 46.4 Å². The first-order valence-corrected chi connectivity index (χ1v) is 9.58. The van der Waals surface area contributed by atoms with E-state index in [9.17, 15) is 4.79 Å². The number of thiazole rings is 1. The Morgan fingerprint density at radius 1 is 1.17 bits per heavy atom. The second-order valence-electron chi connectivity index (χ2n) is 6.27. The van der Waals surface area contributed by atoms with E-state index < -0.39 is 0 Å². The lowest BCUT2D eigenvalue weighted by atomic mass is 10.1. The molecule has 0 spiro atoms. The van der Waals surface area contributed by atoms with Crippen LogP contribution >= 0.6 is 11.3 Å². The maximum atomic E-state index is 12.2. The predicted molar refractivity (Wildman–Crippen MR) is 96.2 cm³/mol. The molecule has 1 amide bonds. The number of para-hydroxylation sites is 1. The van der Waals surface area contributed by atoms with Gasteiger partial charge in [-0.15, -0.1) is 11.3 Å². The topological polar surface area (TPSA) is 51.2 Å². The second-order valence-corrected chi connectivity index (χ2v) is 7.21. The van der Waals surface area contributed by atoms with Crippen LogP contribution in [0.1, 0.15) is 49.2 Å². The van der Waals surface area contributed by atoms with Crippen LogP contribution in [0.3, 0.4) is 0 Å². The number of benzene rings is 1. The van der Waals surface area contributed by atoms with Crippen molar-refractivity contribution in [3.63, 3.8) is 0 Å². The molecule has 4 nitrogen and oxygen atoms in total. The van der Waals surface area contributed by atoms with Crippen LogP contribution in [-0.4, -0.2) is 16.9 Å². The Kier molecular flexibility index (Phi) is 6.24. The van der Waals surface area contributed by atoms with Crippen molar-refractivity contribution < 1.29 is 9.53 Å². The summed E-state index contributed by atoms with van der Waals surface area (Å²) < 4.78 is 5.69. The molecular formula is C19H24N2O2S. The number of aromatic nitrogens is 1. The molecule has 0 atom stereocenters. The van der Waals surface area contributed by atoms with E-state index in [0.29, 0.717) is 19.1 Å². The molecule has 0 unspecified atom stereocenters. The molecule has 1 saturated carbocycles. The average Bonchev–Trinajstić information content (AvgIpc) is 2.88. The van der Waals surface area contributed by atoms with E-state index in [-0.39, 0.29) is 5.91 Å². The van der Waals surface area contributed by atoms with Gasteiger partial charge in [0.1, 0.15) is 17.4 Å². The first-order chi connectivity index (χ1) is 11.8. The average molecular weight is 344 g/mol. The summed E-state index contributed by atoms with van der Waals surface area (Å²) >= 11 is 1.54. The lowest BCUT2D eigenvalue weighted by Crippen LogP contribution is -2.35. The van der Waals surface area contributed by atoms with Crippen LogP contribution in [0.5, 0.6) is 5.75 Å². The molecule has 2 aromatic rings. The van der Waals surface area contributed by atoms with E-state index in [4.69, 9.17) is 4.74 Å². The fourth-order valence-corrected chi connectivity index (χ4v) is 3.73. The minimum atomic E-state index is 0.0859. The molecule has 1 fully saturated rings. The minimum Gasteiger partial charge on any atom is -0.486 e. The van der Waals surface area contributed by atoms with Crippen LogP contribution in [0.25, 0.3) is 0 Å². The van der Waals surface area contributed by atoms with Crippen molar-refractivity contribution in [2.45, 2.75) is 57.6 Å². The van der Waals surface area contributed by atoms with E-state index >= 15 is 0 Å². The maximum absolute atomic E-state index is 12.2. The Morgan fingerprint density at radius 2 is 1.92 bits per heavy atom. The van der Waals surface area contributed by atoms with E-state index in [0.717, 1.165) is 29.3 Å². The number of hydrogen-bond acceptors (Lipinski definition) is 4. The van der Waals surface area contributed by atoms with Gasteiger partial charge >= 0.3 is 0 Å². The van der Waals surface area contributed by atoms with Gasteiger partial charge in [0, 0.05) is 11.4 Å². The Hall–Kier alpha value is -1.88. The van der Waals surface area contributed by atoms with E-state index in [1.54, 1.807) is 11.3 Å². The molecule has 0 saturated heterocycles. The van der Waals surface area contributed by atoms with Gasteiger partial charge in [-0.05, 0) is 25.0 Å². The summed E-state index contributed by atoms with van der Waals surface area (Å²) in [5.41, 5.74) is 0.831. The Balaban J connectivity index is 1.45. The molecule has 1 N–H and O–H groups in total. The van der Waals surface area contributed by atoms with Crippen LogP contribution in [0.4, 0.5) is 0 Å². The fraction of sp³-hybridized carbons (Fsp3) is 0.474. The summed E-state index contributed by atoms with van der Waals surface area (Å²) in [4.78, 5) is 16.7. The van der Waals surface area contributed by atoms with Crippen molar-refractivity contribution in [2.24, 2.45) is 0 Å². The number of carbonyl (C=O) groups excluding carboxylic acids is 1. The number of ether oxygens (including phenoxy) is 1. The Morgan fingerprint density at radius 3 is 2.67 bits per heavy atom. The molecule has 0 radical (unpaired) electrons. The van der Waals surface area contributed by atoms with E-state index in [1.807, 2.05) is 35.7 Å². The molecule has 1 aliphatic rings. The van der Waals surface area contributed by atoms with Gasteiger partial charge in [-0.1, -0.05) is 43.9 Å². The molecule has 0 aliphatic heterocycles. The lowest BCUT2D eigenvalue weighted by Gasteiger charge is -2.15. The highest BCUT2D eigenvalue weighted by Crippen LogP contribution is 2.18. The summed E-state index contributed by atoms with van der Waals surface area (Å²) in [5, 5.41) is 6.02. The van der Waals surface area contributed by atoms with Gasteiger partial charge in [0.15, 0.2) is 0 Å². The van der Waals surface area contributed by atoms with Gasteiger partial charge in [0.25, 0.3) is 0 Å². The highest BCUT2D eigenvalue weighted by atomic mass is 32.1. The molecule has 1 aromatic heterocycles. The van der Waals surface area contributed by atoms with E-state index in [1.165, 1.54) is 25.7 Å². The number of nitrogens with zero attached hydrogens (tertiary/aromatic N) is 1. The maximum Gasteiger partial charge on any atom is 0.226 e. The summed E-state index contributed by atoms with van der Waals surface area (Å²) in [6, 6.07) is 10.0. The third-order valence-corrected chi connectivity index (χ3v) is 5.14. The predicted octanol–water partition coefficient (Wildman–Crippen LogP) is 4.10. The van der Waals surface area contributed by atoms with Crippen LogP contribution < -0.4 is 10.1 Å². The number of amides is 1. The third-order valence-electron chi connectivity index (χ3n) is 4.27. The van der Waals surface area contributed by atoms with Crippen molar-refractivity contribution >= 4 is 17.2 Å². The van der Waals surface area contributed by atoms with Crippen molar-refractivity contribution in [1.29, 1.82) is 0 Å². The van der Waals surface area contributed by atoms with Crippen molar-refractivity contribution in [3.8, 4) is 5.75 Å². The summed E-state index contributed by atoms with van der Waals surface area (Å²) in [6.07, 6.45) is 7.62. The summed E-state index contributed by atoms with van der Waals surface area (Å²) in [7, 11) is 0. The standard InChI is InChI=1S/C19H24N2O2S/c22-18(20-15-8-4-1-2-5-9-15)12-16-14-24-19(21-16)13-23-17-10-6-3-7-11-17/h3,6-7,10-11,14-15H,1-2,4-5,8-9,12-13H2,(H,20,22). The summed E-state index contributed by atoms with van der Waals surface area (Å²) in [6.45, 7) is 0.443. The first-order valence-electron chi connectivity index (χ1n) is 8.70. The second kappa shape index (κ2) is 8.83. The monoisotopic (exact) mass is 344 g/mol. The van der Waals surface area contributed by atoms with Crippen LogP contribution in [0.2, 0.25) is 0 Å². The fourth-order valence-electron chi connectivity index (χ4n) is 3.03. The SMILES string of the molecule is O=C(Cc1csc(COc2ccccc2)n1)NC1CCCCCC1. The minimum absolute atomic E-state index is 0.0859. The van der Waals surface area contributed by atoms with Crippen LogP contribution in [-0.2, 0) is 17.8 Å². The highest BCUT2D eigenvalue weighted by molar-refractivity contribution is 7.09. The van der Waals surface area contributed by atoms with E-state index in [2.05, 4.69) is 10.3 Å². The molecule has 24 heavy (non-hydrogen) atoms. The molecule has 128 valence electrons. The lowest BCUT2D eigenvalue weighted by molar-refractivity contribution is -0.121. The van der Waals surface area contributed by atoms with Crippen molar-refractivity contribution in [2.75, 3.05) is 0 Å². The quantitative estimate of drug-likeness (QED) is 0.803. The highest BCUT2D eigenvalue weighted by Gasteiger charge is 2.15. The van der Waals surface area contributed by atoms with Gasteiger partial charge in [0.05, 0.1) is 12.1 Å². The third kappa shape index (κ3) is 5.34. The van der Waals surface area contributed by atoms with Gasteiger partial charge < -0.3 is 10.1 Å². The summed E-state index contributed by atoms with van der Waals surface area (Å²) in [5.74, 6) is 0.920. The molecule has 1 heterocycles.